The van der Waals surface area contributed by atoms with Gasteiger partial charge in [0.05, 0.1) is 6.42 Å². The van der Waals surface area contributed by atoms with Crippen LogP contribution >= 0.6 is 0 Å². The van der Waals surface area contributed by atoms with Gasteiger partial charge in [-0.05, 0) is 55.0 Å². The van der Waals surface area contributed by atoms with Gasteiger partial charge in [0.1, 0.15) is 11.5 Å². The lowest BCUT2D eigenvalue weighted by Gasteiger charge is -2.16. The molecule has 21 heavy (non-hydrogen) atoms. The van der Waals surface area contributed by atoms with E-state index in [0.717, 1.165) is 23.5 Å². The number of rotatable bonds is 4. The van der Waals surface area contributed by atoms with Crippen LogP contribution < -0.4 is 0 Å². The number of hydrogen-bond acceptors (Lipinski definition) is 2. The number of hydrogen-bond donors (Lipinski definition) is 1. The SMILES string of the molecule is CC(CC(=O)O)c1ccc(-c2ccc3c(c2)CCCC3)o1. The van der Waals surface area contributed by atoms with Crippen molar-refractivity contribution < 1.29 is 14.3 Å². The lowest BCUT2D eigenvalue weighted by atomic mass is 9.90. The largest absolute Gasteiger partial charge is 0.481 e. The average Bonchev–Trinajstić information content (AvgIpc) is 2.96. The van der Waals surface area contributed by atoms with Crippen molar-refractivity contribution in [3.63, 3.8) is 0 Å². The zero-order chi connectivity index (χ0) is 14.8. The predicted molar refractivity (Wildman–Crippen MR) is 81.5 cm³/mol. The Morgan fingerprint density at radius 3 is 2.71 bits per heavy atom. The Bertz CT molecular complexity index is 654. The zero-order valence-electron chi connectivity index (χ0n) is 12.3. The fourth-order valence-corrected chi connectivity index (χ4v) is 3.02. The summed E-state index contributed by atoms with van der Waals surface area (Å²) in [6.45, 7) is 1.88. The van der Waals surface area contributed by atoms with E-state index >= 15 is 0 Å². The maximum Gasteiger partial charge on any atom is 0.304 e. The molecule has 2 aromatic rings. The van der Waals surface area contributed by atoms with Crippen LogP contribution in [0, 0.1) is 0 Å². The van der Waals surface area contributed by atoms with Crippen molar-refractivity contribution in [2.24, 2.45) is 0 Å². The molecule has 1 aliphatic carbocycles. The van der Waals surface area contributed by atoms with Gasteiger partial charge in [0.25, 0.3) is 0 Å². The smallest absolute Gasteiger partial charge is 0.304 e. The number of carboxylic acid groups (broad SMARTS) is 1. The van der Waals surface area contributed by atoms with Gasteiger partial charge in [0.2, 0.25) is 0 Å². The first-order valence-corrected chi connectivity index (χ1v) is 7.57. The topological polar surface area (TPSA) is 50.4 Å². The van der Waals surface area contributed by atoms with Gasteiger partial charge in [-0.2, -0.15) is 0 Å². The molecule has 1 unspecified atom stereocenters. The van der Waals surface area contributed by atoms with Gasteiger partial charge >= 0.3 is 5.97 Å². The summed E-state index contributed by atoms with van der Waals surface area (Å²) in [4.78, 5) is 10.8. The maximum atomic E-state index is 10.8. The molecule has 0 bridgehead atoms. The van der Waals surface area contributed by atoms with Crippen LogP contribution in [0.2, 0.25) is 0 Å². The summed E-state index contributed by atoms with van der Waals surface area (Å²) in [7, 11) is 0. The van der Waals surface area contributed by atoms with E-state index in [1.807, 2.05) is 19.1 Å². The number of benzene rings is 1. The molecule has 3 nitrogen and oxygen atoms in total. The Balaban J connectivity index is 1.84. The Morgan fingerprint density at radius 1 is 1.19 bits per heavy atom. The molecular weight excluding hydrogens is 264 g/mol. The molecule has 0 saturated carbocycles. The number of aryl methyl sites for hydroxylation is 2. The second kappa shape index (κ2) is 5.76. The van der Waals surface area contributed by atoms with Crippen molar-refractivity contribution in [2.75, 3.05) is 0 Å². The fraction of sp³-hybridized carbons (Fsp3) is 0.389. The average molecular weight is 284 g/mol. The van der Waals surface area contributed by atoms with E-state index in [2.05, 4.69) is 18.2 Å². The third-order valence-electron chi connectivity index (χ3n) is 4.23. The molecular formula is C18H20O3. The van der Waals surface area contributed by atoms with Gasteiger partial charge < -0.3 is 9.52 Å². The van der Waals surface area contributed by atoms with E-state index in [-0.39, 0.29) is 12.3 Å². The highest BCUT2D eigenvalue weighted by atomic mass is 16.4. The molecule has 1 heterocycles. The molecule has 0 spiro atoms. The number of carbonyl (C=O) groups is 1. The molecule has 0 radical (unpaired) electrons. The van der Waals surface area contributed by atoms with Crippen LogP contribution in [0.4, 0.5) is 0 Å². The first-order valence-electron chi connectivity index (χ1n) is 7.57. The Labute approximate surface area is 124 Å². The lowest BCUT2D eigenvalue weighted by Crippen LogP contribution is -2.02. The molecule has 1 aliphatic rings. The van der Waals surface area contributed by atoms with Crippen LogP contribution in [-0.4, -0.2) is 11.1 Å². The van der Waals surface area contributed by atoms with Gasteiger partial charge in [-0.3, -0.25) is 4.79 Å². The van der Waals surface area contributed by atoms with Crippen LogP contribution in [-0.2, 0) is 17.6 Å². The van der Waals surface area contributed by atoms with Crippen molar-refractivity contribution in [1.29, 1.82) is 0 Å². The highest BCUT2D eigenvalue weighted by molar-refractivity contribution is 5.68. The van der Waals surface area contributed by atoms with Gasteiger partial charge in [0, 0.05) is 11.5 Å². The second-order valence-corrected chi connectivity index (χ2v) is 5.89. The minimum absolute atomic E-state index is 0.0944. The summed E-state index contributed by atoms with van der Waals surface area (Å²) in [6, 6.07) is 10.4. The van der Waals surface area contributed by atoms with Crippen molar-refractivity contribution in [2.45, 2.75) is 44.9 Å². The van der Waals surface area contributed by atoms with Gasteiger partial charge in [-0.25, -0.2) is 0 Å². The van der Waals surface area contributed by atoms with Crippen LogP contribution in [0.1, 0.15) is 49.0 Å². The van der Waals surface area contributed by atoms with Gasteiger partial charge in [-0.15, -0.1) is 0 Å². The van der Waals surface area contributed by atoms with E-state index in [0.29, 0.717) is 0 Å². The van der Waals surface area contributed by atoms with Crippen LogP contribution in [0.3, 0.4) is 0 Å². The van der Waals surface area contributed by atoms with Crippen molar-refractivity contribution in [3.05, 3.63) is 47.2 Å². The van der Waals surface area contributed by atoms with E-state index in [1.54, 1.807) is 0 Å². The predicted octanol–water partition coefficient (Wildman–Crippen LogP) is 4.40. The summed E-state index contributed by atoms with van der Waals surface area (Å²) >= 11 is 0. The number of fused-ring (bicyclic) bond motifs is 1. The molecule has 110 valence electrons. The summed E-state index contributed by atoms with van der Waals surface area (Å²) < 4.78 is 5.86. The third-order valence-corrected chi connectivity index (χ3v) is 4.23. The summed E-state index contributed by atoms with van der Waals surface area (Å²) in [5.74, 6) is 0.670. The molecule has 1 aromatic carbocycles. The number of aliphatic carboxylic acids is 1. The third kappa shape index (κ3) is 3.02. The van der Waals surface area contributed by atoms with E-state index < -0.39 is 5.97 Å². The fourth-order valence-electron chi connectivity index (χ4n) is 3.02. The van der Waals surface area contributed by atoms with Crippen molar-refractivity contribution >= 4 is 5.97 Å². The summed E-state index contributed by atoms with van der Waals surface area (Å²) in [5, 5.41) is 8.86. The van der Waals surface area contributed by atoms with E-state index in [9.17, 15) is 4.79 Å². The van der Waals surface area contributed by atoms with E-state index in [1.165, 1.54) is 30.4 Å². The molecule has 3 rings (SSSR count). The zero-order valence-corrected chi connectivity index (χ0v) is 12.3. The van der Waals surface area contributed by atoms with Crippen molar-refractivity contribution in [3.8, 4) is 11.3 Å². The van der Waals surface area contributed by atoms with Gasteiger partial charge in [-0.1, -0.05) is 19.1 Å². The summed E-state index contributed by atoms with van der Waals surface area (Å²) in [6.07, 6.45) is 4.96. The first-order chi connectivity index (χ1) is 10.1. The molecule has 0 aliphatic heterocycles. The maximum absolute atomic E-state index is 10.8. The van der Waals surface area contributed by atoms with Crippen LogP contribution in [0.15, 0.2) is 34.7 Å². The Kier molecular flexibility index (Phi) is 3.82. The Morgan fingerprint density at radius 2 is 1.95 bits per heavy atom. The standard InChI is InChI=1S/C18H20O3/c1-12(10-18(19)20)16-8-9-17(21-16)15-7-6-13-4-2-3-5-14(13)11-15/h6-9,11-12H,2-5,10H2,1H3,(H,19,20). The van der Waals surface area contributed by atoms with Crippen molar-refractivity contribution in [1.82, 2.24) is 0 Å². The highest BCUT2D eigenvalue weighted by Gasteiger charge is 2.16. The molecule has 3 heteroatoms. The second-order valence-electron chi connectivity index (χ2n) is 5.89. The molecule has 0 fully saturated rings. The Hall–Kier alpha value is -2.03. The molecule has 1 N–H and O–H groups in total. The first kappa shape index (κ1) is 13.9. The monoisotopic (exact) mass is 284 g/mol. The number of furan rings is 1. The highest BCUT2D eigenvalue weighted by Crippen LogP contribution is 2.31. The minimum Gasteiger partial charge on any atom is -0.481 e. The van der Waals surface area contributed by atoms with Gasteiger partial charge in [0.15, 0.2) is 0 Å². The van der Waals surface area contributed by atoms with Crippen LogP contribution in [0.25, 0.3) is 11.3 Å². The molecule has 0 amide bonds. The quantitative estimate of drug-likeness (QED) is 0.905. The molecule has 1 aromatic heterocycles. The minimum atomic E-state index is -0.797. The number of carboxylic acids is 1. The molecule has 1 atom stereocenters. The lowest BCUT2D eigenvalue weighted by molar-refractivity contribution is -0.137. The van der Waals surface area contributed by atoms with E-state index in [4.69, 9.17) is 9.52 Å². The molecule has 0 saturated heterocycles. The summed E-state index contributed by atoms with van der Waals surface area (Å²) in [5.41, 5.74) is 3.97. The normalized spacial score (nSPS) is 15.5. The van der Waals surface area contributed by atoms with Crippen LogP contribution in [0.5, 0.6) is 0 Å².